The molecule has 2 heterocycles. The van der Waals surface area contributed by atoms with E-state index in [0.29, 0.717) is 13.2 Å². The molecule has 1 aliphatic carbocycles. The highest BCUT2D eigenvalue weighted by Gasteiger charge is 2.48. The standard InChI is InChI=1S/C12H19NO3/c14-10-11(6-7-13-10)2-1-3-12(5-4-11)15-8-9-16-12/h1-9H2,(H,13,14). The van der Waals surface area contributed by atoms with Crippen LogP contribution in [0.5, 0.6) is 0 Å². The fraction of sp³-hybridized carbons (Fsp3) is 0.917. The zero-order valence-corrected chi connectivity index (χ0v) is 9.59. The average molecular weight is 225 g/mol. The third-order valence-electron chi connectivity index (χ3n) is 4.38. The number of hydrogen-bond acceptors (Lipinski definition) is 3. The van der Waals surface area contributed by atoms with E-state index in [4.69, 9.17) is 9.47 Å². The van der Waals surface area contributed by atoms with Gasteiger partial charge in [-0.15, -0.1) is 0 Å². The van der Waals surface area contributed by atoms with Gasteiger partial charge in [-0.2, -0.15) is 0 Å². The first-order valence-electron chi connectivity index (χ1n) is 6.31. The molecule has 4 nitrogen and oxygen atoms in total. The van der Waals surface area contributed by atoms with E-state index in [1.54, 1.807) is 0 Å². The van der Waals surface area contributed by atoms with E-state index < -0.39 is 0 Å². The van der Waals surface area contributed by atoms with Crippen LogP contribution >= 0.6 is 0 Å². The third kappa shape index (κ3) is 1.55. The molecular weight excluding hydrogens is 206 g/mol. The maximum atomic E-state index is 11.9. The SMILES string of the molecule is O=C1NCCC12CCCC1(CC2)OCCO1. The number of rotatable bonds is 0. The molecule has 0 aromatic heterocycles. The van der Waals surface area contributed by atoms with Crippen LogP contribution in [0.15, 0.2) is 0 Å². The first-order chi connectivity index (χ1) is 7.75. The van der Waals surface area contributed by atoms with Gasteiger partial charge < -0.3 is 14.8 Å². The molecule has 2 saturated heterocycles. The van der Waals surface area contributed by atoms with E-state index in [9.17, 15) is 4.79 Å². The second-order valence-electron chi connectivity index (χ2n) is 5.25. The molecule has 2 spiro atoms. The van der Waals surface area contributed by atoms with Crippen LogP contribution in [-0.2, 0) is 14.3 Å². The molecule has 3 rings (SSSR count). The van der Waals surface area contributed by atoms with E-state index in [1.165, 1.54) is 0 Å². The van der Waals surface area contributed by atoms with Crippen molar-refractivity contribution in [3.63, 3.8) is 0 Å². The molecule has 1 atom stereocenters. The minimum absolute atomic E-state index is 0.112. The molecule has 0 radical (unpaired) electrons. The van der Waals surface area contributed by atoms with Gasteiger partial charge in [0.15, 0.2) is 5.79 Å². The average Bonchev–Trinajstić information content (AvgIpc) is 2.80. The van der Waals surface area contributed by atoms with Crippen LogP contribution in [0.4, 0.5) is 0 Å². The van der Waals surface area contributed by atoms with Crippen molar-refractivity contribution in [1.82, 2.24) is 5.32 Å². The van der Waals surface area contributed by atoms with Gasteiger partial charge in [0, 0.05) is 19.4 Å². The summed E-state index contributed by atoms with van der Waals surface area (Å²) < 4.78 is 11.5. The van der Waals surface area contributed by atoms with Gasteiger partial charge in [0.2, 0.25) is 5.91 Å². The molecule has 2 aliphatic heterocycles. The number of amides is 1. The van der Waals surface area contributed by atoms with Crippen LogP contribution in [0.1, 0.15) is 38.5 Å². The van der Waals surface area contributed by atoms with Gasteiger partial charge >= 0.3 is 0 Å². The molecule has 3 aliphatic rings. The zero-order valence-electron chi connectivity index (χ0n) is 9.59. The van der Waals surface area contributed by atoms with Crippen LogP contribution in [0.2, 0.25) is 0 Å². The number of ether oxygens (including phenoxy) is 2. The van der Waals surface area contributed by atoms with Crippen molar-refractivity contribution in [2.24, 2.45) is 5.41 Å². The van der Waals surface area contributed by atoms with Gasteiger partial charge in [-0.25, -0.2) is 0 Å². The molecule has 90 valence electrons. The van der Waals surface area contributed by atoms with E-state index in [-0.39, 0.29) is 17.1 Å². The summed E-state index contributed by atoms with van der Waals surface area (Å²) >= 11 is 0. The second kappa shape index (κ2) is 3.70. The number of carbonyl (C=O) groups excluding carboxylic acids is 1. The Bertz CT molecular complexity index is 299. The highest BCUT2D eigenvalue weighted by Crippen LogP contribution is 2.45. The van der Waals surface area contributed by atoms with E-state index >= 15 is 0 Å². The molecular formula is C12H19NO3. The van der Waals surface area contributed by atoms with Gasteiger partial charge in [0.1, 0.15) is 0 Å². The molecule has 16 heavy (non-hydrogen) atoms. The lowest BCUT2D eigenvalue weighted by molar-refractivity contribution is -0.166. The lowest BCUT2D eigenvalue weighted by Gasteiger charge is -2.27. The quantitative estimate of drug-likeness (QED) is 0.674. The predicted octanol–water partition coefficient (Wildman–Crippen LogP) is 1.20. The summed E-state index contributed by atoms with van der Waals surface area (Å²) in [5.74, 6) is -0.102. The highest BCUT2D eigenvalue weighted by molar-refractivity contribution is 5.84. The van der Waals surface area contributed by atoms with Crippen LogP contribution in [0.3, 0.4) is 0 Å². The highest BCUT2D eigenvalue weighted by atomic mass is 16.7. The number of nitrogens with one attached hydrogen (secondary N) is 1. The van der Waals surface area contributed by atoms with Crippen molar-refractivity contribution in [3.05, 3.63) is 0 Å². The second-order valence-corrected chi connectivity index (χ2v) is 5.25. The maximum absolute atomic E-state index is 11.9. The summed E-state index contributed by atoms with van der Waals surface area (Å²) in [6.07, 6.45) is 5.75. The fourth-order valence-corrected chi connectivity index (χ4v) is 3.35. The molecule has 1 saturated carbocycles. The Kier molecular flexibility index (Phi) is 2.44. The van der Waals surface area contributed by atoms with Crippen LogP contribution < -0.4 is 5.32 Å². The van der Waals surface area contributed by atoms with Gasteiger partial charge in [0.05, 0.1) is 18.6 Å². The summed E-state index contributed by atoms with van der Waals surface area (Å²) in [5.41, 5.74) is -0.112. The molecule has 1 amide bonds. The number of hydrogen-bond donors (Lipinski definition) is 1. The van der Waals surface area contributed by atoms with Crippen molar-refractivity contribution >= 4 is 5.91 Å². The molecule has 0 aromatic carbocycles. The fourth-order valence-electron chi connectivity index (χ4n) is 3.35. The lowest BCUT2D eigenvalue weighted by Crippen LogP contribution is -2.33. The largest absolute Gasteiger partial charge is 0.356 e. The minimum atomic E-state index is -0.355. The lowest BCUT2D eigenvalue weighted by atomic mass is 9.79. The summed E-state index contributed by atoms with van der Waals surface area (Å²) in [4.78, 5) is 11.9. The van der Waals surface area contributed by atoms with Crippen molar-refractivity contribution in [2.45, 2.75) is 44.3 Å². The van der Waals surface area contributed by atoms with Crippen LogP contribution in [-0.4, -0.2) is 31.5 Å². The Labute approximate surface area is 95.7 Å². The molecule has 1 unspecified atom stereocenters. The van der Waals surface area contributed by atoms with Crippen molar-refractivity contribution in [1.29, 1.82) is 0 Å². The normalized spacial score (nSPS) is 37.9. The van der Waals surface area contributed by atoms with Crippen LogP contribution in [0, 0.1) is 5.41 Å². The molecule has 3 fully saturated rings. The Morgan fingerprint density at radius 3 is 2.50 bits per heavy atom. The van der Waals surface area contributed by atoms with E-state index in [2.05, 4.69) is 5.32 Å². The maximum Gasteiger partial charge on any atom is 0.226 e. The predicted molar refractivity (Wildman–Crippen MR) is 57.8 cm³/mol. The first-order valence-corrected chi connectivity index (χ1v) is 6.31. The summed E-state index contributed by atoms with van der Waals surface area (Å²) in [7, 11) is 0. The summed E-state index contributed by atoms with van der Waals surface area (Å²) in [5, 5.41) is 2.97. The first kappa shape index (κ1) is 10.5. The monoisotopic (exact) mass is 225 g/mol. The zero-order chi connectivity index (χ0) is 11.1. The Morgan fingerprint density at radius 1 is 1.00 bits per heavy atom. The van der Waals surface area contributed by atoms with Crippen molar-refractivity contribution < 1.29 is 14.3 Å². The third-order valence-corrected chi connectivity index (χ3v) is 4.38. The molecule has 0 bridgehead atoms. The molecule has 1 N–H and O–H groups in total. The van der Waals surface area contributed by atoms with Crippen LogP contribution in [0.25, 0.3) is 0 Å². The molecule has 4 heteroatoms. The summed E-state index contributed by atoms with van der Waals surface area (Å²) in [6, 6.07) is 0. The van der Waals surface area contributed by atoms with E-state index in [0.717, 1.165) is 45.1 Å². The minimum Gasteiger partial charge on any atom is -0.356 e. The number of carbonyl (C=O) groups is 1. The molecule has 0 aromatic rings. The Morgan fingerprint density at radius 2 is 1.81 bits per heavy atom. The van der Waals surface area contributed by atoms with Gasteiger partial charge in [0.25, 0.3) is 0 Å². The topological polar surface area (TPSA) is 47.6 Å². The summed E-state index contributed by atoms with van der Waals surface area (Å²) in [6.45, 7) is 2.26. The Hall–Kier alpha value is -0.610. The van der Waals surface area contributed by atoms with Crippen molar-refractivity contribution in [2.75, 3.05) is 19.8 Å². The van der Waals surface area contributed by atoms with Gasteiger partial charge in [-0.1, -0.05) is 0 Å². The smallest absolute Gasteiger partial charge is 0.226 e. The van der Waals surface area contributed by atoms with Gasteiger partial charge in [-0.3, -0.25) is 4.79 Å². The van der Waals surface area contributed by atoms with Gasteiger partial charge in [-0.05, 0) is 25.7 Å². The van der Waals surface area contributed by atoms with Crippen molar-refractivity contribution in [3.8, 4) is 0 Å². The van der Waals surface area contributed by atoms with E-state index in [1.807, 2.05) is 0 Å². The Balaban J connectivity index is 1.75.